The van der Waals surface area contributed by atoms with Crippen molar-refractivity contribution in [2.45, 2.75) is 42.0 Å². The Hall–Kier alpha value is -1.80. The van der Waals surface area contributed by atoms with Gasteiger partial charge in [0.2, 0.25) is 5.91 Å². The van der Waals surface area contributed by atoms with Crippen LogP contribution in [0, 0.1) is 23.6 Å². The van der Waals surface area contributed by atoms with E-state index in [1.54, 1.807) is 22.4 Å². The molecule has 1 N–H and O–H groups in total. The second-order valence-corrected chi connectivity index (χ2v) is 12.2. The lowest BCUT2D eigenvalue weighted by Gasteiger charge is -2.40. The molecule has 1 amide bonds. The molecule has 4 nitrogen and oxygen atoms in total. The van der Waals surface area contributed by atoms with Gasteiger partial charge < -0.3 is 5.32 Å². The van der Waals surface area contributed by atoms with Crippen LogP contribution in [-0.4, -0.2) is 15.7 Å². The van der Waals surface area contributed by atoms with Crippen molar-refractivity contribution < 1.29 is 9.18 Å². The van der Waals surface area contributed by atoms with E-state index >= 15 is 0 Å². The van der Waals surface area contributed by atoms with Gasteiger partial charge in [-0.15, -0.1) is 11.8 Å². The lowest BCUT2D eigenvalue weighted by molar-refractivity contribution is -0.116. The van der Waals surface area contributed by atoms with Gasteiger partial charge in [-0.25, -0.2) is 4.39 Å². The molecule has 2 heterocycles. The van der Waals surface area contributed by atoms with Crippen LogP contribution in [0.25, 0.3) is 0 Å². The molecule has 2 aliphatic carbocycles. The van der Waals surface area contributed by atoms with E-state index in [0.717, 1.165) is 15.5 Å². The molecule has 2 fully saturated rings. The van der Waals surface area contributed by atoms with Crippen molar-refractivity contribution in [3.8, 4) is 0 Å². The lowest BCUT2D eigenvalue weighted by atomic mass is 9.75. The van der Waals surface area contributed by atoms with Gasteiger partial charge in [0, 0.05) is 21.7 Å². The zero-order valence-electron chi connectivity index (χ0n) is 18.0. The average molecular weight is 535 g/mol. The minimum Gasteiger partial charge on any atom is -0.325 e. The number of aromatic nitrogens is 1. The Labute approximate surface area is 214 Å². The molecule has 176 valence electrons. The summed E-state index contributed by atoms with van der Waals surface area (Å²) in [6.45, 7) is -0.0868. The maximum absolute atomic E-state index is 13.2. The first-order valence-corrected chi connectivity index (χ1v) is 13.8. The molecule has 1 aromatic heterocycles. The third-order valence-electron chi connectivity index (χ3n) is 7.44. The summed E-state index contributed by atoms with van der Waals surface area (Å²) in [6.07, 6.45) is 3.64. The topological polar surface area (TPSA) is 51.1 Å². The van der Waals surface area contributed by atoms with Gasteiger partial charge in [0.1, 0.15) is 12.4 Å². The summed E-state index contributed by atoms with van der Waals surface area (Å²) < 4.78 is 14.8. The van der Waals surface area contributed by atoms with Gasteiger partial charge in [0.15, 0.2) is 0 Å². The van der Waals surface area contributed by atoms with Crippen LogP contribution in [0.5, 0.6) is 0 Å². The number of fused-ring (bicyclic) bond motifs is 6. The van der Waals surface area contributed by atoms with Crippen LogP contribution < -0.4 is 10.2 Å². The van der Waals surface area contributed by atoms with E-state index in [-0.39, 0.29) is 29.1 Å². The first-order valence-electron chi connectivity index (χ1n) is 11.3. The Bertz CT molecular complexity index is 1340. The molecular weight excluding hydrogens is 514 g/mol. The number of benzene rings is 2. The van der Waals surface area contributed by atoms with Crippen LogP contribution in [0.2, 0.25) is 10.0 Å². The first-order chi connectivity index (χ1) is 16.4. The molecule has 9 heteroatoms. The van der Waals surface area contributed by atoms with Crippen molar-refractivity contribution in [3.05, 3.63) is 78.4 Å². The molecule has 2 bridgehead atoms. The smallest absolute Gasteiger partial charge is 0.308 e. The fourth-order valence-corrected chi connectivity index (χ4v) is 9.64. The van der Waals surface area contributed by atoms with Crippen LogP contribution >= 0.6 is 46.3 Å². The maximum atomic E-state index is 13.2. The molecule has 1 aliphatic heterocycles. The number of thiazole rings is 1. The molecular formula is C25H21Cl2FN2O2S2. The second kappa shape index (κ2) is 8.70. The summed E-state index contributed by atoms with van der Waals surface area (Å²) in [4.78, 5) is 26.8. The van der Waals surface area contributed by atoms with Crippen molar-refractivity contribution >= 4 is 57.9 Å². The minimum atomic E-state index is -0.372. The molecule has 34 heavy (non-hydrogen) atoms. The normalized spacial score (nSPS) is 26.9. The highest BCUT2D eigenvalue weighted by molar-refractivity contribution is 8.00. The number of carbonyl (C=O) groups excluding carboxylic acids is 1. The molecule has 2 saturated carbocycles. The third-order valence-corrected chi connectivity index (χ3v) is 11.1. The zero-order chi connectivity index (χ0) is 23.6. The predicted molar refractivity (Wildman–Crippen MR) is 136 cm³/mol. The van der Waals surface area contributed by atoms with Crippen LogP contribution in [-0.2, 0) is 11.3 Å². The number of thioether (sulfide) groups is 1. The van der Waals surface area contributed by atoms with Crippen LogP contribution in [0.4, 0.5) is 10.1 Å². The standard InChI is InChI=1S/C25H21Cl2FN2O2S2/c26-17-3-1-2-16(21(17)27)20-19-12-4-5-13(10-12)22(19)33-24-23(20)34-25(32)30(24)11-18(31)29-15-8-6-14(28)7-9-15/h1-3,6-9,12-13,19-20,22H,4-5,10-11H2,(H,29,31)/t12-,13-,19-,20-,22+/m0/s1. The number of halogens is 3. The number of hydrogen-bond acceptors (Lipinski definition) is 4. The van der Waals surface area contributed by atoms with Gasteiger partial charge in [0.05, 0.1) is 15.1 Å². The molecule has 6 rings (SSSR count). The van der Waals surface area contributed by atoms with Crippen molar-refractivity contribution in [3.63, 3.8) is 0 Å². The van der Waals surface area contributed by atoms with Gasteiger partial charge in [-0.05, 0) is 72.9 Å². The van der Waals surface area contributed by atoms with E-state index in [1.165, 1.54) is 54.9 Å². The van der Waals surface area contributed by atoms with Gasteiger partial charge >= 0.3 is 4.87 Å². The van der Waals surface area contributed by atoms with E-state index < -0.39 is 0 Å². The third kappa shape index (κ3) is 3.72. The minimum absolute atomic E-state index is 0.00172. The van der Waals surface area contributed by atoms with Crippen molar-refractivity contribution in [1.29, 1.82) is 0 Å². The van der Waals surface area contributed by atoms with Gasteiger partial charge in [-0.1, -0.05) is 46.7 Å². The maximum Gasteiger partial charge on any atom is 0.308 e. The Morgan fingerprint density at radius 3 is 2.68 bits per heavy atom. The van der Waals surface area contributed by atoms with E-state index in [1.807, 2.05) is 12.1 Å². The van der Waals surface area contributed by atoms with Crippen molar-refractivity contribution in [2.24, 2.45) is 17.8 Å². The van der Waals surface area contributed by atoms with E-state index in [4.69, 9.17) is 23.2 Å². The quantitative estimate of drug-likeness (QED) is 0.407. The number of anilines is 1. The Balaban J connectivity index is 1.39. The number of carbonyl (C=O) groups is 1. The summed E-state index contributed by atoms with van der Waals surface area (Å²) in [6, 6.07) is 11.3. The summed E-state index contributed by atoms with van der Waals surface area (Å²) in [5.74, 6) is 0.952. The monoisotopic (exact) mass is 534 g/mol. The highest BCUT2D eigenvalue weighted by atomic mass is 35.5. The van der Waals surface area contributed by atoms with Crippen molar-refractivity contribution in [2.75, 3.05) is 5.32 Å². The predicted octanol–water partition coefficient (Wildman–Crippen LogP) is 6.65. The summed E-state index contributed by atoms with van der Waals surface area (Å²) >= 11 is 16.1. The molecule has 5 atom stereocenters. The van der Waals surface area contributed by atoms with E-state index in [0.29, 0.717) is 38.7 Å². The number of rotatable bonds is 4. The van der Waals surface area contributed by atoms with Gasteiger partial charge in [0.25, 0.3) is 0 Å². The highest BCUT2D eigenvalue weighted by Crippen LogP contribution is 2.64. The Morgan fingerprint density at radius 1 is 1.12 bits per heavy atom. The fourth-order valence-electron chi connectivity index (χ4n) is 6.07. The van der Waals surface area contributed by atoms with E-state index in [2.05, 4.69) is 5.32 Å². The van der Waals surface area contributed by atoms with Crippen molar-refractivity contribution in [1.82, 2.24) is 4.57 Å². The first kappa shape index (κ1) is 22.7. The summed E-state index contributed by atoms with van der Waals surface area (Å²) in [7, 11) is 0. The van der Waals surface area contributed by atoms with Crippen LogP contribution in [0.15, 0.2) is 52.3 Å². The van der Waals surface area contributed by atoms with Gasteiger partial charge in [-0.3, -0.25) is 14.2 Å². The van der Waals surface area contributed by atoms with Gasteiger partial charge in [-0.2, -0.15) is 0 Å². The number of nitrogens with zero attached hydrogens (tertiary/aromatic N) is 1. The molecule has 3 aromatic rings. The number of nitrogens with one attached hydrogen (secondary N) is 1. The molecule has 3 aliphatic rings. The molecule has 0 radical (unpaired) electrons. The fraction of sp³-hybridized carbons (Fsp3) is 0.360. The highest BCUT2D eigenvalue weighted by Gasteiger charge is 2.55. The molecule has 0 spiro atoms. The Kier molecular flexibility index (Phi) is 5.79. The second-order valence-electron chi connectivity index (χ2n) is 9.29. The zero-order valence-corrected chi connectivity index (χ0v) is 21.1. The summed E-state index contributed by atoms with van der Waals surface area (Å²) in [5, 5.41) is 5.10. The van der Waals surface area contributed by atoms with Crippen LogP contribution in [0.1, 0.15) is 35.6 Å². The lowest BCUT2D eigenvalue weighted by Crippen LogP contribution is -2.35. The molecule has 0 saturated heterocycles. The molecule has 2 aromatic carbocycles. The largest absolute Gasteiger partial charge is 0.325 e. The summed E-state index contributed by atoms with van der Waals surface area (Å²) in [5.41, 5.74) is 1.47. The van der Waals surface area contributed by atoms with Crippen LogP contribution in [0.3, 0.4) is 0 Å². The Morgan fingerprint density at radius 2 is 1.88 bits per heavy atom. The number of amides is 1. The SMILES string of the molecule is O=C(Cn1c2c(sc1=O)[C@@H](c1cccc(Cl)c1Cl)[C@@H]1[C@H]3CC[C@@H](C3)[C@H]1S2)Nc1ccc(F)cc1. The average Bonchev–Trinajstić information content (AvgIpc) is 3.51. The molecule has 0 unspecified atom stereocenters. The van der Waals surface area contributed by atoms with E-state index in [9.17, 15) is 14.0 Å². The number of hydrogen-bond donors (Lipinski definition) is 1.